The first kappa shape index (κ1) is 14.7. The number of esters is 1. The standard InChI is InChI=1S/C12H20O4/c1-4-7-11(13)10(9-15-6-3)12(14)16-8-5-2/h9H,4-8H2,1-3H3. The zero-order valence-corrected chi connectivity index (χ0v) is 10.2. The topological polar surface area (TPSA) is 52.6 Å². The van der Waals surface area contributed by atoms with Crippen molar-refractivity contribution in [3.05, 3.63) is 11.8 Å². The van der Waals surface area contributed by atoms with Gasteiger partial charge in [-0.05, 0) is 19.8 Å². The predicted octanol–water partition coefficient (Wildman–Crippen LogP) is 2.23. The molecule has 4 heteroatoms. The normalized spacial score (nSPS) is 11.1. The second-order valence-corrected chi connectivity index (χ2v) is 3.30. The van der Waals surface area contributed by atoms with E-state index in [1.807, 2.05) is 13.8 Å². The quantitative estimate of drug-likeness (QED) is 0.210. The lowest BCUT2D eigenvalue weighted by atomic mass is 10.1. The molecule has 0 rings (SSSR count). The van der Waals surface area contributed by atoms with E-state index in [4.69, 9.17) is 9.47 Å². The molecule has 0 spiro atoms. The molecule has 0 N–H and O–H groups in total. The Kier molecular flexibility index (Phi) is 8.21. The third kappa shape index (κ3) is 5.53. The molecule has 0 unspecified atom stereocenters. The number of Topliss-reactive ketones (excluding diaryl/α,β-unsaturated/α-hetero) is 1. The molecule has 0 saturated heterocycles. The molecule has 0 aromatic carbocycles. The third-order valence-electron chi connectivity index (χ3n) is 1.80. The van der Waals surface area contributed by atoms with Crippen molar-refractivity contribution in [1.82, 2.24) is 0 Å². The number of ketones is 1. The Balaban J connectivity index is 4.53. The van der Waals surface area contributed by atoms with Gasteiger partial charge in [-0.15, -0.1) is 0 Å². The summed E-state index contributed by atoms with van der Waals surface area (Å²) in [5.41, 5.74) is 0.0113. The highest BCUT2D eigenvalue weighted by Crippen LogP contribution is 2.06. The van der Waals surface area contributed by atoms with Gasteiger partial charge in [0.05, 0.1) is 13.2 Å². The van der Waals surface area contributed by atoms with Gasteiger partial charge in [0, 0.05) is 6.42 Å². The highest BCUT2D eigenvalue weighted by atomic mass is 16.5. The van der Waals surface area contributed by atoms with Gasteiger partial charge in [-0.25, -0.2) is 4.79 Å². The van der Waals surface area contributed by atoms with Crippen molar-refractivity contribution in [2.24, 2.45) is 0 Å². The minimum Gasteiger partial charge on any atom is -0.500 e. The van der Waals surface area contributed by atoms with Crippen LogP contribution in [0.3, 0.4) is 0 Å². The molecular formula is C12H20O4. The number of carbonyl (C=O) groups excluding carboxylic acids is 2. The van der Waals surface area contributed by atoms with Crippen LogP contribution in [0.5, 0.6) is 0 Å². The number of ether oxygens (including phenoxy) is 2. The molecule has 0 aromatic heterocycles. The van der Waals surface area contributed by atoms with Gasteiger partial charge in [0.1, 0.15) is 11.8 Å². The molecular weight excluding hydrogens is 208 g/mol. The van der Waals surface area contributed by atoms with E-state index in [0.717, 1.165) is 6.42 Å². The Labute approximate surface area is 96.6 Å². The molecule has 0 bridgehead atoms. The van der Waals surface area contributed by atoms with Crippen molar-refractivity contribution >= 4 is 11.8 Å². The van der Waals surface area contributed by atoms with Gasteiger partial charge in [0.25, 0.3) is 0 Å². The fourth-order valence-corrected chi connectivity index (χ4v) is 1.03. The van der Waals surface area contributed by atoms with Crippen LogP contribution in [0.2, 0.25) is 0 Å². The summed E-state index contributed by atoms with van der Waals surface area (Å²) in [6.45, 7) is 6.31. The average molecular weight is 228 g/mol. The van der Waals surface area contributed by atoms with Crippen LogP contribution in [-0.2, 0) is 19.1 Å². The summed E-state index contributed by atoms with van der Waals surface area (Å²) in [6, 6.07) is 0. The van der Waals surface area contributed by atoms with Crippen molar-refractivity contribution in [3.8, 4) is 0 Å². The van der Waals surface area contributed by atoms with Crippen LogP contribution in [0.4, 0.5) is 0 Å². The molecule has 0 aliphatic heterocycles. The van der Waals surface area contributed by atoms with E-state index in [2.05, 4.69) is 0 Å². The molecule has 4 nitrogen and oxygen atoms in total. The molecule has 0 radical (unpaired) electrons. The van der Waals surface area contributed by atoms with Crippen molar-refractivity contribution in [2.75, 3.05) is 13.2 Å². The van der Waals surface area contributed by atoms with Crippen molar-refractivity contribution in [1.29, 1.82) is 0 Å². The largest absolute Gasteiger partial charge is 0.500 e. The average Bonchev–Trinajstić information content (AvgIpc) is 2.27. The van der Waals surface area contributed by atoms with Crippen molar-refractivity contribution in [2.45, 2.75) is 40.0 Å². The molecule has 0 aromatic rings. The summed E-state index contributed by atoms with van der Waals surface area (Å²) in [6.07, 6.45) is 2.97. The summed E-state index contributed by atoms with van der Waals surface area (Å²) < 4.78 is 9.89. The molecule has 0 heterocycles. The van der Waals surface area contributed by atoms with E-state index in [9.17, 15) is 9.59 Å². The van der Waals surface area contributed by atoms with Gasteiger partial charge in [0.15, 0.2) is 5.78 Å². The highest BCUT2D eigenvalue weighted by molar-refractivity contribution is 6.17. The van der Waals surface area contributed by atoms with E-state index in [1.54, 1.807) is 6.92 Å². The number of hydrogen-bond acceptors (Lipinski definition) is 4. The first-order chi connectivity index (χ1) is 7.67. The zero-order valence-electron chi connectivity index (χ0n) is 10.2. The number of hydrogen-bond donors (Lipinski definition) is 0. The first-order valence-corrected chi connectivity index (χ1v) is 5.69. The Morgan fingerprint density at radius 2 is 1.81 bits per heavy atom. The van der Waals surface area contributed by atoms with Crippen molar-refractivity contribution in [3.63, 3.8) is 0 Å². The Bertz CT molecular complexity index is 256. The highest BCUT2D eigenvalue weighted by Gasteiger charge is 2.19. The van der Waals surface area contributed by atoms with E-state index < -0.39 is 5.97 Å². The molecule has 0 amide bonds. The molecule has 92 valence electrons. The summed E-state index contributed by atoms with van der Waals surface area (Å²) in [4.78, 5) is 23.1. The van der Waals surface area contributed by atoms with Crippen LogP contribution in [0.15, 0.2) is 11.8 Å². The fraction of sp³-hybridized carbons (Fsp3) is 0.667. The van der Waals surface area contributed by atoms with Crippen LogP contribution in [0, 0.1) is 0 Å². The second-order valence-electron chi connectivity index (χ2n) is 3.30. The van der Waals surface area contributed by atoms with Crippen LogP contribution >= 0.6 is 0 Å². The van der Waals surface area contributed by atoms with Gasteiger partial charge >= 0.3 is 5.97 Å². The summed E-state index contributed by atoms with van der Waals surface area (Å²) >= 11 is 0. The minimum absolute atomic E-state index is 0.0113. The summed E-state index contributed by atoms with van der Waals surface area (Å²) in [7, 11) is 0. The maximum absolute atomic E-state index is 11.6. The maximum atomic E-state index is 11.6. The minimum atomic E-state index is -0.589. The monoisotopic (exact) mass is 228 g/mol. The van der Waals surface area contributed by atoms with Gasteiger partial charge < -0.3 is 9.47 Å². The van der Waals surface area contributed by atoms with Crippen LogP contribution < -0.4 is 0 Å². The maximum Gasteiger partial charge on any atom is 0.344 e. The van der Waals surface area contributed by atoms with Crippen molar-refractivity contribution < 1.29 is 19.1 Å². The fourth-order valence-electron chi connectivity index (χ4n) is 1.03. The zero-order chi connectivity index (χ0) is 12.4. The van der Waals surface area contributed by atoms with Crippen LogP contribution in [0.1, 0.15) is 40.0 Å². The SMILES string of the molecule is CCCOC(=O)C(=COCC)C(=O)CCC. The Morgan fingerprint density at radius 3 is 2.31 bits per heavy atom. The third-order valence-corrected chi connectivity index (χ3v) is 1.80. The molecule has 0 fully saturated rings. The predicted molar refractivity (Wildman–Crippen MR) is 60.9 cm³/mol. The molecule has 0 aliphatic carbocycles. The van der Waals surface area contributed by atoms with Gasteiger partial charge in [-0.2, -0.15) is 0 Å². The first-order valence-electron chi connectivity index (χ1n) is 5.69. The lowest BCUT2D eigenvalue weighted by Gasteiger charge is -2.06. The lowest BCUT2D eigenvalue weighted by Crippen LogP contribution is -2.16. The van der Waals surface area contributed by atoms with Crippen LogP contribution in [0.25, 0.3) is 0 Å². The molecule has 0 saturated carbocycles. The molecule has 16 heavy (non-hydrogen) atoms. The van der Waals surface area contributed by atoms with Gasteiger partial charge in [0.2, 0.25) is 0 Å². The lowest BCUT2D eigenvalue weighted by molar-refractivity contribution is -0.140. The van der Waals surface area contributed by atoms with E-state index in [-0.39, 0.29) is 11.4 Å². The van der Waals surface area contributed by atoms with E-state index >= 15 is 0 Å². The van der Waals surface area contributed by atoms with E-state index in [0.29, 0.717) is 26.1 Å². The summed E-state index contributed by atoms with van der Waals surface area (Å²) in [5, 5.41) is 0. The molecule has 0 aliphatic rings. The van der Waals surface area contributed by atoms with Crippen LogP contribution in [-0.4, -0.2) is 25.0 Å². The second kappa shape index (κ2) is 8.95. The smallest absolute Gasteiger partial charge is 0.344 e. The van der Waals surface area contributed by atoms with Gasteiger partial charge in [-0.1, -0.05) is 13.8 Å². The Morgan fingerprint density at radius 1 is 1.12 bits per heavy atom. The number of rotatable bonds is 8. The molecule has 0 atom stereocenters. The number of carbonyl (C=O) groups is 2. The van der Waals surface area contributed by atoms with E-state index in [1.165, 1.54) is 6.26 Å². The Hall–Kier alpha value is -1.32. The summed E-state index contributed by atoms with van der Waals surface area (Å²) in [5.74, 6) is -0.814. The van der Waals surface area contributed by atoms with Gasteiger partial charge in [-0.3, -0.25) is 4.79 Å².